The molecule has 62 valence electrons. The minimum absolute atomic E-state index is 0.205. The first-order valence-electron chi connectivity index (χ1n) is 3.27. The normalized spacial score (nSPS) is 23.0. The average molecular weight is 178 g/mol. The summed E-state index contributed by atoms with van der Waals surface area (Å²) in [4.78, 5) is 21.4. The van der Waals surface area contributed by atoms with Gasteiger partial charge in [-0.15, -0.1) is 11.6 Å². The molecule has 11 heavy (non-hydrogen) atoms. The first kappa shape index (κ1) is 8.33. The summed E-state index contributed by atoms with van der Waals surface area (Å²) in [6, 6.07) is 0. The highest BCUT2D eigenvalue weighted by Gasteiger charge is 2.27. The van der Waals surface area contributed by atoms with Crippen molar-refractivity contribution in [1.82, 2.24) is 5.32 Å². The van der Waals surface area contributed by atoms with Crippen molar-refractivity contribution in [2.75, 3.05) is 12.4 Å². The minimum Gasteiger partial charge on any atom is -0.451 e. The maximum absolute atomic E-state index is 10.8. The highest BCUT2D eigenvalue weighted by molar-refractivity contribution is 6.26. The van der Waals surface area contributed by atoms with Crippen LogP contribution in [-0.4, -0.2) is 30.4 Å². The van der Waals surface area contributed by atoms with Crippen molar-refractivity contribution in [2.45, 2.75) is 12.5 Å². The van der Waals surface area contributed by atoms with Gasteiger partial charge in [-0.1, -0.05) is 0 Å². The Bertz CT molecular complexity index is 183. The highest BCUT2D eigenvalue weighted by Crippen LogP contribution is 2.05. The summed E-state index contributed by atoms with van der Waals surface area (Å²) in [5, 5.41) is 2.54. The zero-order chi connectivity index (χ0) is 8.27. The van der Waals surface area contributed by atoms with Gasteiger partial charge in [-0.3, -0.25) is 9.59 Å². The van der Waals surface area contributed by atoms with Crippen molar-refractivity contribution in [2.24, 2.45) is 0 Å². The number of amides is 1. The molecule has 0 bridgehead atoms. The molecular formula is C6H8ClNO3. The molecule has 0 aliphatic carbocycles. The number of alkyl halides is 1. The summed E-state index contributed by atoms with van der Waals surface area (Å²) < 4.78 is 4.69. The molecule has 1 rings (SSSR count). The van der Waals surface area contributed by atoms with E-state index in [2.05, 4.69) is 10.1 Å². The van der Waals surface area contributed by atoms with Crippen molar-refractivity contribution in [1.29, 1.82) is 0 Å². The van der Waals surface area contributed by atoms with E-state index in [0.29, 0.717) is 13.0 Å². The Morgan fingerprint density at radius 1 is 1.82 bits per heavy atom. The van der Waals surface area contributed by atoms with Gasteiger partial charge in [0.25, 0.3) is 5.91 Å². The van der Waals surface area contributed by atoms with Crippen LogP contribution < -0.4 is 5.32 Å². The molecule has 5 heteroatoms. The van der Waals surface area contributed by atoms with E-state index in [4.69, 9.17) is 11.6 Å². The standard InChI is InChI=1S/C6H8ClNO3/c7-3-5(9)11-4-1-2-8-6(4)10/h4H,1-3H2,(H,8,10)/t4-/m0/s1. The number of nitrogens with one attached hydrogen (secondary N) is 1. The van der Waals surface area contributed by atoms with Gasteiger partial charge < -0.3 is 10.1 Å². The molecule has 1 aliphatic heterocycles. The maximum atomic E-state index is 10.8. The predicted molar refractivity (Wildman–Crippen MR) is 38.2 cm³/mol. The van der Waals surface area contributed by atoms with Gasteiger partial charge in [0.05, 0.1) is 0 Å². The Balaban J connectivity index is 2.36. The molecule has 1 aliphatic rings. The summed E-state index contributed by atoms with van der Waals surface area (Å²) in [6.07, 6.45) is -0.0807. The Morgan fingerprint density at radius 2 is 2.55 bits per heavy atom. The van der Waals surface area contributed by atoms with Crippen molar-refractivity contribution in [3.8, 4) is 0 Å². The molecule has 1 fully saturated rings. The van der Waals surface area contributed by atoms with E-state index in [1.165, 1.54) is 0 Å². The van der Waals surface area contributed by atoms with Gasteiger partial charge in [-0.2, -0.15) is 0 Å². The molecule has 0 unspecified atom stereocenters. The van der Waals surface area contributed by atoms with Gasteiger partial charge in [-0.25, -0.2) is 0 Å². The fourth-order valence-electron chi connectivity index (χ4n) is 0.874. The number of halogens is 1. The first-order valence-corrected chi connectivity index (χ1v) is 3.80. The lowest BCUT2D eigenvalue weighted by Crippen LogP contribution is -2.28. The third kappa shape index (κ3) is 2.08. The van der Waals surface area contributed by atoms with E-state index in [9.17, 15) is 9.59 Å². The van der Waals surface area contributed by atoms with E-state index in [1.54, 1.807) is 0 Å². The number of hydrogen-bond donors (Lipinski definition) is 1. The molecule has 0 saturated carbocycles. The quantitative estimate of drug-likeness (QED) is 0.464. The Morgan fingerprint density at radius 3 is 3.00 bits per heavy atom. The van der Waals surface area contributed by atoms with E-state index in [0.717, 1.165) is 0 Å². The molecular weight excluding hydrogens is 170 g/mol. The predicted octanol–water partition coefficient (Wildman–Crippen LogP) is -0.343. The van der Waals surface area contributed by atoms with Crippen molar-refractivity contribution < 1.29 is 14.3 Å². The van der Waals surface area contributed by atoms with Crippen LogP contribution in [0.5, 0.6) is 0 Å². The van der Waals surface area contributed by atoms with Gasteiger partial charge in [0.1, 0.15) is 5.88 Å². The summed E-state index contributed by atoms with van der Waals surface area (Å²) in [5.74, 6) is -0.985. The highest BCUT2D eigenvalue weighted by atomic mass is 35.5. The molecule has 4 nitrogen and oxygen atoms in total. The lowest BCUT2D eigenvalue weighted by Gasteiger charge is -2.06. The molecule has 0 aromatic rings. The number of carbonyl (C=O) groups excluding carboxylic acids is 2. The zero-order valence-electron chi connectivity index (χ0n) is 5.80. The van der Waals surface area contributed by atoms with E-state index >= 15 is 0 Å². The monoisotopic (exact) mass is 177 g/mol. The minimum atomic E-state index is -0.624. The Hall–Kier alpha value is -0.770. The fraction of sp³-hybridized carbons (Fsp3) is 0.667. The second-order valence-electron chi connectivity index (χ2n) is 2.19. The third-order valence-corrected chi connectivity index (χ3v) is 1.60. The van der Waals surface area contributed by atoms with Crippen LogP contribution in [0.4, 0.5) is 0 Å². The van der Waals surface area contributed by atoms with Gasteiger partial charge in [0.2, 0.25) is 0 Å². The van der Waals surface area contributed by atoms with E-state index < -0.39 is 12.1 Å². The third-order valence-electron chi connectivity index (χ3n) is 1.38. The Labute approximate surface area is 68.8 Å². The van der Waals surface area contributed by atoms with Crippen LogP contribution in [0.1, 0.15) is 6.42 Å². The molecule has 1 N–H and O–H groups in total. The van der Waals surface area contributed by atoms with Gasteiger partial charge in [0.15, 0.2) is 6.10 Å². The van der Waals surface area contributed by atoms with Crippen LogP contribution in [0.15, 0.2) is 0 Å². The summed E-state index contributed by atoms with van der Waals surface area (Å²) in [5.41, 5.74) is 0. The topological polar surface area (TPSA) is 55.4 Å². The number of ether oxygens (including phenoxy) is 1. The molecule has 1 amide bonds. The summed E-state index contributed by atoms with van der Waals surface area (Å²) in [7, 11) is 0. The number of hydrogen-bond acceptors (Lipinski definition) is 3. The second kappa shape index (κ2) is 3.57. The molecule has 1 saturated heterocycles. The lowest BCUT2D eigenvalue weighted by atomic mass is 10.3. The van der Waals surface area contributed by atoms with Gasteiger partial charge in [0, 0.05) is 13.0 Å². The van der Waals surface area contributed by atoms with Crippen LogP contribution in [-0.2, 0) is 14.3 Å². The van der Waals surface area contributed by atoms with Crippen molar-refractivity contribution in [3.63, 3.8) is 0 Å². The number of rotatable bonds is 2. The average Bonchev–Trinajstić information content (AvgIpc) is 2.37. The second-order valence-corrected chi connectivity index (χ2v) is 2.46. The van der Waals surface area contributed by atoms with Gasteiger partial charge >= 0.3 is 5.97 Å². The summed E-state index contributed by atoms with van der Waals surface area (Å²) >= 11 is 5.17. The fourth-order valence-corrected chi connectivity index (χ4v) is 0.937. The maximum Gasteiger partial charge on any atom is 0.321 e. The van der Waals surface area contributed by atoms with E-state index in [1.807, 2.05) is 0 Å². The SMILES string of the molecule is O=C(CCl)O[C@H]1CCNC1=O. The lowest BCUT2D eigenvalue weighted by molar-refractivity contribution is -0.151. The number of carbonyl (C=O) groups is 2. The molecule has 1 heterocycles. The zero-order valence-corrected chi connectivity index (χ0v) is 6.56. The molecule has 0 radical (unpaired) electrons. The molecule has 1 atom stereocenters. The van der Waals surface area contributed by atoms with Crippen LogP contribution in [0.2, 0.25) is 0 Å². The summed E-state index contributed by atoms with van der Waals surface area (Å²) in [6.45, 7) is 0.569. The van der Waals surface area contributed by atoms with Crippen molar-refractivity contribution in [3.05, 3.63) is 0 Å². The Kier molecular flexibility index (Phi) is 2.70. The molecule has 0 spiro atoms. The van der Waals surface area contributed by atoms with E-state index in [-0.39, 0.29) is 11.8 Å². The largest absolute Gasteiger partial charge is 0.451 e. The van der Waals surface area contributed by atoms with Crippen molar-refractivity contribution >= 4 is 23.5 Å². The molecule has 0 aromatic heterocycles. The van der Waals surface area contributed by atoms with Crippen LogP contribution in [0, 0.1) is 0 Å². The molecule has 0 aromatic carbocycles. The van der Waals surface area contributed by atoms with Crippen LogP contribution in [0.25, 0.3) is 0 Å². The van der Waals surface area contributed by atoms with Crippen LogP contribution in [0.3, 0.4) is 0 Å². The van der Waals surface area contributed by atoms with Gasteiger partial charge in [-0.05, 0) is 0 Å². The number of esters is 1. The van der Waals surface area contributed by atoms with Crippen LogP contribution >= 0.6 is 11.6 Å². The smallest absolute Gasteiger partial charge is 0.321 e. The first-order chi connectivity index (χ1) is 5.24.